The Morgan fingerprint density at radius 1 is 1.40 bits per heavy atom. The van der Waals surface area contributed by atoms with Crippen LogP contribution in [0.2, 0.25) is 0 Å². The van der Waals surface area contributed by atoms with Crippen LogP contribution in [0.5, 0.6) is 5.75 Å². The standard InChI is InChI=1S/C12H15NO2/c1-2-12(14)13-9-6-10-15-11-7-4-3-5-8-11/h2-5,7-8H,1,6,9-10H2,(H,13,14). The van der Waals surface area contributed by atoms with Gasteiger partial charge in [0.2, 0.25) is 5.91 Å². The average molecular weight is 205 g/mol. The molecular formula is C12H15NO2. The lowest BCUT2D eigenvalue weighted by Crippen LogP contribution is -2.23. The van der Waals surface area contributed by atoms with Crippen LogP contribution in [0.15, 0.2) is 43.0 Å². The second-order valence-electron chi connectivity index (χ2n) is 3.01. The Hall–Kier alpha value is -1.77. The SMILES string of the molecule is C=CC(=O)NCCCOc1ccccc1. The molecule has 0 atom stereocenters. The number of ether oxygens (including phenoxy) is 1. The van der Waals surface area contributed by atoms with Gasteiger partial charge in [-0.05, 0) is 24.6 Å². The maximum atomic E-state index is 10.8. The molecule has 0 aliphatic heterocycles. The lowest BCUT2D eigenvalue weighted by Gasteiger charge is -2.05. The normalized spacial score (nSPS) is 9.33. The Labute approximate surface area is 89.8 Å². The van der Waals surface area contributed by atoms with Crippen molar-refractivity contribution in [3.05, 3.63) is 43.0 Å². The molecular weight excluding hydrogens is 190 g/mol. The first-order valence-electron chi connectivity index (χ1n) is 4.91. The first kappa shape index (κ1) is 11.3. The summed E-state index contributed by atoms with van der Waals surface area (Å²) in [6, 6.07) is 9.60. The van der Waals surface area contributed by atoms with E-state index in [0.717, 1.165) is 12.2 Å². The minimum Gasteiger partial charge on any atom is -0.494 e. The molecule has 80 valence electrons. The lowest BCUT2D eigenvalue weighted by molar-refractivity contribution is -0.116. The first-order valence-corrected chi connectivity index (χ1v) is 4.91. The number of rotatable bonds is 6. The van der Waals surface area contributed by atoms with Crippen molar-refractivity contribution in [3.63, 3.8) is 0 Å². The van der Waals surface area contributed by atoms with E-state index in [4.69, 9.17) is 4.74 Å². The van der Waals surface area contributed by atoms with Crippen LogP contribution in [0.4, 0.5) is 0 Å². The molecule has 1 amide bonds. The van der Waals surface area contributed by atoms with Crippen LogP contribution in [0.3, 0.4) is 0 Å². The third-order valence-corrected chi connectivity index (χ3v) is 1.82. The van der Waals surface area contributed by atoms with Crippen molar-refractivity contribution in [3.8, 4) is 5.75 Å². The lowest BCUT2D eigenvalue weighted by atomic mass is 10.3. The van der Waals surface area contributed by atoms with Crippen molar-refractivity contribution in [1.82, 2.24) is 5.32 Å². The number of amides is 1. The molecule has 0 saturated carbocycles. The van der Waals surface area contributed by atoms with Gasteiger partial charge in [0.15, 0.2) is 0 Å². The maximum absolute atomic E-state index is 10.8. The van der Waals surface area contributed by atoms with Gasteiger partial charge in [-0.2, -0.15) is 0 Å². The minimum atomic E-state index is -0.144. The van der Waals surface area contributed by atoms with Crippen molar-refractivity contribution >= 4 is 5.91 Å². The van der Waals surface area contributed by atoms with Crippen LogP contribution in [-0.2, 0) is 4.79 Å². The number of carbonyl (C=O) groups is 1. The zero-order valence-electron chi connectivity index (χ0n) is 8.61. The molecule has 1 aromatic rings. The summed E-state index contributed by atoms with van der Waals surface area (Å²) in [5.41, 5.74) is 0. The second kappa shape index (κ2) is 6.65. The van der Waals surface area contributed by atoms with E-state index in [1.165, 1.54) is 6.08 Å². The largest absolute Gasteiger partial charge is 0.494 e. The number of hydrogen-bond donors (Lipinski definition) is 1. The molecule has 0 heterocycles. The maximum Gasteiger partial charge on any atom is 0.243 e. The number of benzene rings is 1. The van der Waals surface area contributed by atoms with Crippen molar-refractivity contribution in [2.45, 2.75) is 6.42 Å². The molecule has 0 fully saturated rings. The van der Waals surface area contributed by atoms with Gasteiger partial charge in [0.1, 0.15) is 5.75 Å². The Morgan fingerprint density at radius 3 is 2.80 bits per heavy atom. The summed E-state index contributed by atoms with van der Waals surface area (Å²) in [5.74, 6) is 0.710. The molecule has 1 N–H and O–H groups in total. The zero-order chi connectivity index (χ0) is 10.9. The highest BCUT2D eigenvalue weighted by Crippen LogP contribution is 2.07. The second-order valence-corrected chi connectivity index (χ2v) is 3.01. The molecule has 3 nitrogen and oxygen atoms in total. The van der Waals surface area contributed by atoms with Gasteiger partial charge in [0, 0.05) is 6.54 Å². The van der Waals surface area contributed by atoms with Crippen molar-refractivity contribution in [2.75, 3.05) is 13.2 Å². The molecule has 0 spiro atoms. The van der Waals surface area contributed by atoms with E-state index in [-0.39, 0.29) is 5.91 Å². The molecule has 0 aromatic heterocycles. The molecule has 3 heteroatoms. The quantitative estimate of drug-likeness (QED) is 0.567. The van der Waals surface area contributed by atoms with Gasteiger partial charge in [-0.3, -0.25) is 4.79 Å². The summed E-state index contributed by atoms with van der Waals surface area (Å²) < 4.78 is 5.44. The molecule has 0 radical (unpaired) electrons. The topological polar surface area (TPSA) is 38.3 Å². The minimum absolute atomic E-state index is 0.144. The van der Waals surface area contributed by atoms with E-state index >= 15 is 0 Å². The van der Waals surface area contributed by atoms with E-state index < -0.39 is 0 Å². The number of hydrogen-bond acceptors (Lipinski definition) is 2. The third-order valence-electron chi connectivity index (χ3n) is 1.82. The summed E-state index contributed by atoms with van der Waals surface area (Å²) in [4.78, 5) is 10.8. The highest BCUT2D eigenvalue weighted by Gasteiger charge is 1.94. The molecule has 15 heavy (non-hydrogen) atoms. The van der Waals surface area contributed by atoms with Gasteiger partial charge in [-0.25, -0.2) is 0 Å². The Balaban J connectivity index is 2.07. The smallest absolute Gasteiger partial charge is 0.243 e. The summed E-state index contributed by atoms with van der Waals surface area (Å²) in [7, 11) is 0. The fourth-order valence-corrected chi connectivity index (χ4v) is 1.06. The first-order chi connectivity index (χ1) is 7.33. The molecule has 0 saturated heterocycles. The molecule has 1 aromatic carbocycles. The highest BCUT2D eigenvalue weighted by molar-refractivity contribution is 5.86. The zero-order valence-corrected chi connectivity index (χ0v) is 8.61. The van der Waals surface area contributed by atoms with Crippen LogP contribution in [0, 0.1) is 0 Å². The van der Waals surface area contributed by atoms with Gasteiger partial charge >= 0.3 is 0 Å². The van der Waals surface area contributed by atoms with Crippen molar-refractivity contribution < 1.29 is 9.53 Å². The van der Waals surface area contributed by atoms with E-state index in [1.54, 1.807) is 0 Å². The molecule has 0 bridgehead atoms. The monoisotopic (exact) mass is 205 g/mol. The van der Waals surface area contributed by atoms with E-state index in [9.17, 15) is 4.79 Å². The van der Waals surface area contributed by atoms with Crippen LogP contribution in [0.1, 0.15) is 6.42 Å². The van der Waals surface area contributed by atoms with Gasteiger partial charge in [0.05, 0.1) is 6.61 Å². The molecule has 0 aliphatic carbocycles. The van der Waals surface area contributed by atoms with Crippen LogP contribution < -0.4 is 10.1 Å². The summed E-state index contributed by atoms with van der Waals surface area (Å²) in [6.45, 7) is 4.57. The number of para-hydroxylation sites is 1. The number of carbonyl (C=O) groups excluding carboxylic acids is 1. The molecule has 1 rings (SSSR count). The Morgan fingerprint density at radius 2 is 2.13 bits per heavy atom. The fraction of sp³-hybridized carbons (Fsp3) is 0.250. The summed E-state index contributed by atoms with van der Waals surface area (Å²) in [6.07, 6.45) is 2.05. The Bertz CT molecular complexity index is 309. The Kier molecular flexibility index (Phi) is 5.01. The third kappa shape index (κ3) is 4.86. The molecule has 0 unspecified atom stereocenters. The number of nitrogens with one attached hydrogen (secondary N) is 1. The fourth-order valence-electron chi connectivity index (χ4n) is 1.06. The van der Waals surface area contributed by atoms with Gasteiger partial charge in [0.25, 0.3) is 0 Å². The van der Waals surface area contributed by atoms with Gasteiger partial charge < -0.3 is 10.1 Å². The van der Waals surface area contributed by atoms with E-state index in [2.05, 4.69) is 11.9 Å². The van der Waals surface area contributed by atoms with E-state index in [0.29, 0.717) is 13.2 Å². The van der Waals surface area contributed by atoms with Gasteiger partial charge in [-0.1, -0.05) is 24.8 Å². The summed E-state index contributed by atoms with van der Waals surface area (Å²) >= 11 is 0. The van der Waals surface area contributed by atoms with Gasteiger partial charge in [-0.15, -0.1) is 0 Å². The van der Waals surface area contributed by atoms with Crippen LogP contribution >= 0.6 is 0 Å². The van der Waals surface area contributed by atoms with Crippen LogP contribution in [0.25, 0.3) is 0 Å². The van der Waals surface area contributed by atoms with E-state index in [1.807, 2.05) is 30.3 Å². The van der Waals surface area contributed by atoms with Crippen molar-refractivity contribution in [1.29, 1.82) is 0 Å². The predicted octanol–water partition coefficient (Wildman–Crippen LogP) is 1.76. The highest BCUT2D eigenvalue weighted by atomic mass is 16.5. The molecule has 0 aliphatic rings. The summed E-state index contributed by atoms with van der Waals surface area (Å²) in [5, 5.41) is 2.68. The predicted molar refractivity (Wildman–Crippen MR) is 59.8 cm³/mol. The van der Waals surface area contributed by atoms with Crippen LogP contribution in [-0.4, -0.2) is 19.1 Å². The van der Waals surface area contributed by atoms with Crippen molar-refractivity contribution in [2.24, 2.45) is 0 Å². The average Bonchev–Trinajstić information content (AvgIpc) is 2.29.